The van der Waals surface area contributed by atoms with Gasteiger partial charge in [0.15, 0.2) is 5.82 Å². The molecular formula is C20H17N3O2. The fourth-order valence-electron chi connectivity index (χ4n) is 2.77. The molecule has 1 heterocycles. The number of hydrogen-bond acceptors (Lipinski definition) is 4. The van der Waals surface area contributed by atoms with Crippen LogP contribution in [0.1, 0.15) is 28.1 Å². The van der Waals surface area contributed by atoms with Gasteiger partial charge in [0.25, 0.3) is 5.56 Å². The lowest BCUT2D eigenvalue weighted by Crippen LogP contribution is -2.11. The van der Waals surface area contributed by atoms with E-state index in [1.54, 1.807) is 44.2 Å². The van der Waals surface area contributed by atoms with Gasteiger partial charge in [-0.25, -0.2) is 4.98 Å². The van der Waals surface area contributed by atoms with Gasteiger partial charge in [0.2, 0.25) is 0 Å². The summed E-state index contributed by atoms with van der Waals surface area (Å²) in [7, 11) is 0. The van der Waals surface area contributed by atoms with Crippen LogP contribution in [0.3, 0.4) is 0 Å². The molecule has 0 amide bonds. The third-order valence-electron chi connectivity index (χ3n) is 4.06. The van der Waals surface area contributed by atoms with Crippen LogP contribution < -0.4 is 5.56 Å². The van der Waals surface area contributed by atoms with E-state index in [9.17, 15) is 15.2 Å². The highest BCUT2D eigenvalue weighted by Crippen LogP contribution is 2.25. The Bertz CT molecular complexity index is 1090. The molecule has 0 saturated heterocycles. The first-order valence-electron chi connectivity index (χ1n) is 7.82. The number of fused-ring (bicyclic) bond motifs is 1. The molecule has 0 spiro atoms. The monoisotopic (exact) mass is 331 g/mol. The summed E-state index contributed by atoms with van der Waals surface area (Å²) >= 11 is 0. The zero-order valence-corrected chi connectivity index (χ0v) is 14.2. The van der Waals surface area contributed by atoms with Crippen LogP contribution in [-0.2, 0) is 0 Å². The average molecular weight is 331 g/mol. The first-order chi connectivity index (χ1) is 11.9. The standard InChI is InChI=1S/C20H17N3O2/c1-11-4-5-17-16(6-11)20(25)23-19(22-17)15(10-21)9-14-7-12(2)18(24)13(3)8-14/h4-9,24H,1-3H3,(H,22,23,25)/b15-9+. The van der Waals surface area contributed by atoms with Crippen molar-refractivity contribution < 1.29 is 5.11 Å². The lowest BCUT2D eigenvalue weighted by molar-refractivity contribution is 0.467. The summed E-state index contributed by atoms with van der Waals surface area (Å²) in [6.07, 6.45) is 1.65. The molecule has 25 heavy (non-hydrogen) atoms. The van der Waals surface area contributed by atoms with Crippen LogP contribution >= 0.6 is 0 Å². The van der Waals surface area contributed by atoms with Crippen molar-refractivity contribution in [3.05, 3.63) is 68.8 Å². The summed E-state index contributed by atoms with van der Waals surface area (Å²) in [5.74, 6) is 0.468. The molecular weight excluding hydrogens is 314 g/mol. The van der Waals surface area contributed by atoms with E-state index in [0.29, 0.717) is 10.9 Å². The Morgan fingerprint density at radius 3 is 2.52 bits per heavy atom. The highest BCUT2D eigenvalue weighted by atomic mass is 16.3. The van der Waals surface area contributed by atoms with E-state index in [4.69, 9.17) is 0 Å². The lowest BCUT2D eigenvalue weighted by Gasteiger charge is -2.06. The van der Waals surface area contributed by atoms with Gasteiger partial charge in [-0.3, -0.25) is 4.79 Å². The highest BCUT2D eigenvalue weighted by molar-refractivity contribution is 5.89. The molecule has 0 atom stereocenters. The van der Waals surface area contributed by atoms with Crippen LogP contribution in [0.15, 0.2) is 35.1 Å². The maximum absolute atomic E-state index is 12.3. The van der Waals surface area contributed by atoms with E-state index in [-0.39, 0.29) is 22.7 Å². The van der Waals surface area contributed by atoms with Crippen molar-refractivity contribution in [2.75, 3.05) is 0 Å². The van der Waals surface area contributed by atoms with Gasteiger partial charge in [0, 0.05) is 0 Å². The lowest BCUT2D eigenvalue weighted by atomic mass is 10.0. The Morgan fingerprint density at radius 1 is 1.20 bits per heavy atom. The number of phenolic OH excluding ortho intramolecular Hbond substituents is 1. The number of hydrogen-bond donors (Lipinski definition) is 2. The second kappa shape index (κ2) is 6.25. The number of nitrogens with one attached hydrogen (secondary N) is 1. The quantitative estimate of drug-likeness (QED) is 0.702. The third-order valence-corrected chi connectivity index (χ3v) is 4.06. The Morgan fingerprint density at radius 2 is 1.88 bits per heavy atom. The normalized spacial score (nSPS) is 11.5. The predicted molar refractivity (Wildman–Crippen MR) is 98.2 cm³/mol. The number of phenols is 1. The summed E-state index contributed by atoms with van der Waals surface area (Å²) in [6, 6.07) is 11.1. The molecule has 0 bridgehead atoms. The van der Waals surface area contributed by atoms with E-state index in [2.05, 4.69) is 16.0 Å². The minimum absolute atomic E-state index is 0.229. The van der Waals surface area contributed by atoms with Gasteiger partial charge in [0.1, 0.15) is 11.8 Å². The van der Waals surface area contributed by atoms with Crippen molar-refractivity contribution in [1.29, 1.82) is 5.26 Å². The number of H-pyrrole nitrogens is 1. The molecule has 5 heteroatoms. The number of aromatic amines is 1. The van der Waals surface area contributed by atoms with Gasteiger partial charge in [-0.2, -0.15) is 5.26 Å². The van der Waals surface area contributed by atoms with Crippen LogP contribution in [0.2, 0.25) is 0 Å². The van der Waals surface area contributed by atoms with Crippen molar-refractivity contribution in [3.8, 4) is 11.8 Å². The zero-order valence-electron chi connectivity index (χ0n) is 14.2. The Hall–Kier alpha value is -3.39. The van der Waals surface area contributed by atoms with Gasteiger partial charge >= 0.3 is 0 Å². The van der Waals surface area contributed by atoms with E-state index >= 15 is 0 Å². The highest BCUT2D eigenvalue weighted by Gasteiger charge is 2.10. The molecule has 0 aliphatic carbocycles. The van der Waals surface area contributed by atoms with E-state index in [1.807, 2.05) is 13.0 Å². The van der Waals surface area contributed by atoms with Crippen LogP contribution in [0.5, 0.6) is 5.75 Å². The van der Waals surface area contributed by atoms with Crippen LogP contribution in [0.25, 0.3) is 22.6 Å². The fraction of sp³-hybridized carbons (Fsp3) is 0.150. The molecule has 3 rings (SSSR count). The Kier molecular flexibility index (Phi) is 4.12. The topological polar surface area (TPSA) is 89.8 Å². The van der Waals surface area contributed by atoms with Gasteiger partial charge in [-0.05, 0) is 67.8 Å². The zero-order chi connectivity index (χ0) is 18.1. The first kappa shape index (κ1) is 16.5. The summed E-state index contributed by atoms with van der Waals surface area (Å²) in [5, 5.41) is 19.9. The minimum Gasteiger partial charge on any atom is -0.507 e. The number of nitrogens with zero attached hydrogens (tertiary/aromatic N) is 2. The molecule has 1 aromatic heterocycles. The molecule has 0 saturated carbocycles. The third kappa shape index (κ3) is 3.15. The first-order valence-corrected chi connectivity index (χ1v) is 7.82. The Balaban J connectivity index is 2.16. The van der Waals surface area contributed by atoms with Gasteiger partial charge < -0.3 is 10.1 Å². The van der Waals surface area contributed by atoms with Gasteiger partial charge in [-0.1, -0.05) is 11.6 Å². The maximum Gasteiger partial charge on any atom is 0.259 e. The Labute approximate surface area is 144 Å². The number of aromatic nitrogens is 2. The number of benzene rings is 2. The van der Waals surface area contributed by atoms with Crippen molar-refractivity contribution in [1.82, 2.24) is 9.97 Å². The van der Waals surface area contributed by atoms with Crippen LogP contribution in [0.4, 0.5) is 0 Å². The predicted octanol–water partition coefficient (Wildman–Crippen LogP) is 3.62. The number of nitriles is 1. The second-order valence-corrected chi connectivity index (χ2v) is 6.11. The fourth-order valence-corrected chi connectivity index (χ4v) is 2.77. The molecule has 0 aliphatic rings. The van der Waals surface area contributed by atoms with E-state index < -0.39 is 0 Å². The minimum atomic E-state index is -0.275. The molecule has 0 fully saturated rings. The molecule has 5 nitrogen and oxygen atoms in total. The van der Waals surface area contributed by atoms with Gasteiger partial charge in [-0.15, -0.1) is 0 Å². The SMILES string of the molecule is Cc1ccc2nc(/C(C#N)=C/c3cc(C)c(O)c(C)c3)[nH]c(=O)c2c1. The van der Waals surface area contributed by atoms with E-state index in [0.717, 1.165) is 22.3 Å². The number of aryl methyl sites for hydroxylation is 3. The van der Waals surface area contributed by atoms with Crippen molar-refractivity contribution in [3.63, 3.8) is 0 Å². The second-order valence-electron chi connectivity index (χ2n) is 6.11. The van der Waals surface area contributed by atoms with Crippen LogP contribution in [-0.4, -0.2) is 15.1 Å². The largest absolute Gasteiger partial charge is 0.507 e. The van der Waals surface area contributed by atoms with E-state index in [1.165, 1.54) is 0 Å². The molecule has 0 radical (unpaired) electrons. The summed E-state index contributed by atoms with van der Waals surface area (Å²) in [5.41, 5.74) is 3.70. The summed E-state index contributed by atoms with van der Waals surface area (Å²) in [4.78, 5) is 19.4. The van der Waals surface area contributed by atoms with Gasteiger partial charge in [0.05, 0.1) is 16.5 Å². The van der Waals surface area contributed by atoms with Crippen LogP contribution in [0, 0.1) is 32.1 Å². The summed E-state index contributed by atoms with van der Waals surface area (Å²) < 4.78 is 0. The number of allylic oxidation sites excluding steroid dienone is 1. The average Bonchev–Trinajstić information content (AvgIpc) is 2.58. The molecule has 2 N–H and O–H groups in total. The molecule has 124 valence electrons. The summed E-state index contributed by atoms with van der Waals surface area (Å²) in [6.45, 7) is 5.50. The number of rotatable bonds is 2. The molecule has 2 aromatic carbocycles. The van der Waals surface area contributed by atoms with Crippen molar-refractivity contribution in [2.24, 2.45) is 0 Å². The number of aromatic hydroxyl groups is 1. The molecule has 0 unspecified atom stereocenters. The molecule has 0 aliphatic heterocycles. The smallest absolute Gasteiger partial charge is 0.259 e. The molecule has 3 aromatic rings. The van der Waals surface area contributed by atoms with Crippen molar-refractivity contribution >= 4 is 22.6 Å². The maximum atomic E-state index is 12.3. The van der Waals surface area contributed by atoms with Crippen molar-refractivity contribution in [2.45, 2.75) is 20.8 Å².